The SMILES string of the molecule is CCc1ccc(CC(=O)O)c(C(F)(F)F)c1. The molecule has 88 valence electrons. The fraction of sp³-hybridized carbons (Fsp3) is 0.364. The minimum atomic E-state index is -4.50. The molecule has 0 amide bonds. The van der Waals surface area contributed by atoms with Gasteiger partial charge in [-0.05, 0) is 23.6 Å². The summed E-state index contributed by atoms with van der Waals surface area (Å²) in [6.45, 7) is 1.74. The maximum atomic E-state index is 12.6. The number of aryl methyl sites for hydroxylation is 1. The minimum Gasteiger partial charge on any atom is -0.481 e. The Labute approximate surface area is 90.7 Å². The molecule has 5 heteroatoms. The average molecular weight is 232 g/mol. The van der Waals surface area contributed by atoms with Crippen molar-refractivity contribution in [2.75, 3.05) is 0 Å². The Morgan fingerprint density at radius 2 is 2.00 bits per heavy atom. The van der Waals surface area contributed by atoms with Gasteiger partial charge < -0.3 is 5.11 Å². The third-order valence-corrected chi connectivity index (χ3v) is 2.23. The van der Waals surface area contributed by atoms with Gasteiger partial charge in [0, 0.05) is 0 Å². The molecule has 0 aliphatic heterocycles. The van der Waals surface area contributed by atoms with Crippen LogP contribution in [0.2, 0.25) is 0 Å². The largest absolute Gasteiger partial charge is 0.481 e. The fourth-order valence-electron chi connectivity index (χ4n) is 1.42. The van der Waals surface area contributed by atoms with Crippen LogP contribution in [-0.2, 0) is 23.8 Å². The molecule has 0 aliphatic rings. The Bertz CT molecular complexity index is 397. The lowest BCUT2D eigenvalue weighted by atomic mass is 10.00. The highest BCUT2D eigenvalue weighted by Crippen LogP contribution is 2.33. The van der Waals surface area contributed by atoms with Gasteiger partial charge in [-0.2, -0.15) is 13.2 Å². The van der Waals surface area contributed by atoms with Gasteiger partial charge in [0.05, 0.1) is 12.0 Å². The van der Waals surface area contributed by atoms with Crippen molar-refractivity contribution in [2.45, 2.75) is 25.9 Å². The summed E-state index contributed by atoms with van der Waals surface area (Å²) in [5.74, 6) is -1.27. The topological polar surface area (TPSA) is 37.3 Å². The summed E-state index contributed by atoms with van der Waals surface area (Å²) >= 11 is 0. The second-order valence-corrected chi connectivity index (χ2v) is 3.41. The number of aliphatic carboxylic acids is 1. The second kappa shape index (κ2) is 4.55. The van der Waals surface area contributed by atoms with E-state index in [2.05, 4.69) is 0 Å². The smallest absolute Gasteiger partial charge is 0.416 e. The van der Waals surface area contributed by atoms with E-state index in [0.29, 0.717) is 12.0 Å². The molecule has 0 atom stereocenters. The van der Waals surface area contributed by atoms with Gasteiger partial charge in [0.1, 0.15) is 0 Å². The zero-order valence-corrected chi connectivity index (χ0v) is 8.64. The summed E-state index contributed by atoms with van der Waals surface area (Å²) in [5.41, 5.74) is -0.507. The number of carboxylic acid groups (broad SMARTS) is 1. The monoisotopic (exact) mass is 232 g/mol. The molecule has 0 spiro atoms. The molecule has 0 saturated heterocycles. The van der Waals surface area contributed by atoms with Crippen LogP contribution < -0.4 is 0 Å². The molecule has 2 nitrogen and oxygen atoms in total. The first-order chi connectivity index (χ1) is 7.34. The van der Waals surface area contributed by atoms with E-state index >= 15 is 0 Å². The molecule has 1 N–H and O–H groups in total. The van der Waals surface area contributed by atoms with Crippen LogP contribution in [-0.4, -0.2) is 11.1 Å². The molecule has 1 rings (SSSR count). The van der Waals surface area contributed by atoms with Crippen LogP contribution in [0.15, 0.2) is 18.2 Å². The lowest BCUT2D eigenvalue weighted by Crippen LogP contribution is -2.12. The number of benzene rings is 1. The van der Waals surface area contributed by atoms with E-state index in [1.54, 1.807) is 6.92 Å². The van der Waals surface area contributed by atoms with Crippen molar-refractivity contribution < 1.29 is 23.1 Å². The molecule has 0 bridgehead atoms. The fourth-order valence-corrected chi connectivity index (χ4v) is 1.42. The number of carboxylic acids is 1. The maximum absolute atomic E-state index is 12.6. The van der Waals surface area contributed by atoms with Crippen LogP contribution in [0.25, 0.3) is 0 Å². The van der Waals surface area contributed by atoms with Gasteiger partial charge in [-0.25, -0.2) is 0 Å². The Balaban J connectivity index is 3.22. The average Bonchev–Trinajstić information content (AvgIpc) is 2.15. The normalized spacial score (nSPS) is 11.5. The summed E-state index contributed by atoms with van der Waals surface area (Å²) < 4.78 is 37.9. The number of carbonyl (C=O) groups is 1. The van der Waals surface area contributed by atoms with E-state index < -0.39 is 24.1 Å². The van der Waals surface area contributed by atoms with E-state index in [1.165, 1.54) is 12.1 Å². The van der Waals surface area contributed by atoms with Gasteiger partial charge in [0.15, 0.2) is 0 Å². The molecule has 0 fully saturated rings. The van der Waals surface area contributed by atoms with Crippen LogP contribution in [0.3, 0.4) is 0 Å². The first kappa shape index (κ1) is 12.5. The van der Waals surface area contributed by atoms with Crippen molar-refractivity contribution in [3.8, 4) is 0 Å². The van der Waals surface area contributed by atoms with Gasteiger partial charge >= 0.3 is 12.1 Å². The van der Waals surface area contributed by atoms with E-state index in [9.17, 15) is 18.0 Å². The maximum Gasteiger partial charge on any atom is 0.416 e. The number of alkyl halides is 3. The van der Waals surface area contributed by atoms with Gasteiger partial charge in [-0.3, -0.25) is 4.79 Å². The number of hydrogen-bond donors (Lipinski definition) is 1. The predicted molar refractivity (Wildman–Crippen MR) is 52.2 cm³/mol. The molecular weight excluding hydrogens is 221 g/mol. The van der Waals surface area contributed by atoms with Crippen LogP contribution in [0.4, 0.5) is 13.2 Å². The Kier molecular flexibility index (Phi) is 3.57. The molecular formula is C11H11F3O2. The number of hydrogen-bond acceptors (Lipinski definition) is 1. The second-order valence-electron chi connectivity index (χ2n) is 3.41. The van der Waals surface area contributed by atoms with Crippen LogP contribution in [0.5, 0.6) is 0 Å². The van der Waals surface area contributed by atoms with Crippen molar-refractivity contribution >= 4 is 5.97 Å². The lowest BCUT2D eigenvalue weighted by molar-refractivity contribution is -0.139. The highest BCUT2D eigenvalue weighted by molar-refractivity contribution is 5.71. The first-order valence-corrected chi connectivity index (χ1v) is 4.75. The number of halogens is 3. The molecule has 0 aliphatic carbocycles. The Hall–Kier alpha value is -1.52. The summed E-state index contributed by atoms with van der Waals surface area (Å²) in [7, 11) is 0. The Morgan fingerprint density at radius 3 is 2.44 bits per heavy atom. The van der Waals surface area contributed by atoms with E-state index in [0.717, 1.165) is 6.07 Å². The lowest BCUT2D eigenvalue weighted by Gasteiger charge is -2.12. The molecule has 16 heavy (non-hydrogen) atoms. The van der Waals surface area contributed by atoms with Gasteiger partial charge in [-0.1, -0.05) is 19.1 Å². The van der Waals surface area contributed by atoms with E-state index in [4.69, 9.17) is 5.11 Å². The summed E-state index contributed by atoms with van der Waals surface area (Å²) in [6.07, 6.45) is -4.63. The van der Waals surface area contributed by atoms with Gasteiger partial charge in [0.25, 0.3) is 0 Å². The zero-order chi connectivity index (χ0) is 12.3. The van der Waals surface area contributed by atoms with Crippen molar-refractivity contribution in [1.82, 2.24) is 0 Å². The third kappa shape index (κ3) is 2.98. The van der Waals surface area contributed by atoms with E-state index in [-0.39, 0.29) is 5.56 Å². The molecule has 0 heterocycles. The van der Waals surface area contributed by atoms with E-state index in [1.807, 2.05) is 0 Å². The quantitative estimate of drug-likeness (QED) is 0.869. The summed E-state index contributed by atoms with van der Waals surface area (Å²) in [4.78, 5) is 10.4. The molecule has 0 aromatic heterocycles. The molecule has 1 aromatic rings. The van der Waals surface area contributed by atoms with Crippen molar-refractivity contribution in [2.24, 2.45) is 0 Å². The van der Waals surface area contributed by atoms with Gasteiger partial charge in [-0.15, -0.1) is 0 Å². The van der Waals surface area contributed by atoms with Crippen LogP contribution in [0, 0.1) is 0 Å². The van der Waals surface area contributed by atoms with Crippen molar-refractivity contribution in [3.63, 3.8) is 0 Å². The zero-order valence-electron chi connectivity index (χ0n) is 8.64. The Morgan fingerprint density at radius 1 is 1.38 bits per heavy atom. The van der Waals surface area contributed by atoms with Crippen LogP contribution >= 0.6 is 0 Å². The summed E-state index contributed by atoms with van der Waals surface area (Å²) in [6, 6.07) is 3.77. The molecule has 1 aromatic carbocycles. The molecule has 0 unspecified atom stereocenters. The third-order valence-electron chi connectivity index (χ3n) is 2.23. The first-order valence-electron chi connectivity index (χ1n) is 4.75. The molecule has 0 saturated carbocycles. The van der Waals surface area contributed by atoms with Crippen LogP contribution in [0.1, 0.15) is 23.6 Å². The molecule has 0 radical (unpaired) electrons. The van der Waals surface area contributed by atoms with Gasteiger partial charge in [0.2, 0.25) is 0 Å². The standard InChI is InChI=1S/C11H11F3O2/c1-2-7-3-4-8(6-10(15)16)9(5-7)11(12,13)14/h3-5H,2,6H2,1H3,(H,15,16). The highest BCUT2D eigenvalue weighted by Gasteiger charge is 2.33. The predicted octanol–water partition coefficient (Wildman–Crippen LogP) is 2.89. The van der Waals surface area contributed by atoms with Crippen molar-refractivity contribution in [3.05, 3.63) is 34.9 Å². The number of rotatable bonds is 3. The summed E-state index contributed by atoms with van der Waals surface area (Å²) in [5, 5.41) is 8.52. The van der Waals surface area contributed by atoms with Crippen molar-refractivity contribution in [1.29, 1.82) is 0 Å². The highest BCUT2D eigenvalue weighted by atomic mass is 19.4. The minimum absolute atomic E-state index is 0.197.